The van der Waals surface area contributed by atoms with E-state index >= 15 is 0 Å². The Labute approximate surface area is 160 Å². The van der Waals surface area contributed by atoms with E-state index in [0.29, 0.717) is 5.75 Å². The third-order valence-electron chi connectivity index (χ3n) is 5.45. The first-order valence-corrected chi connectivity index (χ1v) is 9.35. The van der Waals surface area contributed by atoms with Crippen LogP contribution < -0.4 is 9.64 Å². The Kier molecular flexibility index (Phi) is 4.69. The molecule has 0 spiro atoms. The summed E-state index contributed by atoms with van der Waals surface area (Å²) in [5.41, 5.74) is 6.93. The van der Waals surface area contributed by atoms with E-state index in [0.717, 1.165) is 57.9 Å². The number of phenols is 1. The first kappa shape index (κ1) is 18.6. The van der Waals surface area contributed by atoms with E-state index in [1.165, 1.54) is 0 Å². The molecule has 3 rings (SSSR count). The lowest BCUT2D eigenvalue weighted by Crippen LogP contribution is -2.53. The molecule has 0 radical (unpaired) electrons. The number of aryl methyl sites for hydroxylation is 2. The number of hydrogen-bond donors (Lipinski definition) is 1. The summed E-state index contributed by atoms with van der Waals surface area (Å²) in [6.45, 7) is 12.0. The van der Waals surface area contributed by atoms with Crippen LogP contribution in [0, 0.1) is 34.6 Å². The summed E-state index contributed by atoms with van der Waals surface area (Å²) in [6.07, 6.45) is 1.57. The van der Waals surface area contributed by atoms with E-state index in [1.54, 1.807) is 5.49 Å². The smallest absolute Gasteiger partial charge is 0.186 e. The second-order valence-corrected chi connectivity index (χ2v) is 7.64. The van der Waals surface area contributed by atoms with Gasteiger partial charge in [-0.15, -0.1) is 0 Å². The van der Waals surface area contributed by atoms with Crippen molar-refractivity contribution in [3.8, 4) is 11.5 Å². The van der Waals surface area contributed by atoms with E-state index in [2.05, 4.69) is 18.8 Å². The Morgan fingerprint density at radius 2 is 1.85 bits per heavy atom. The SMILES string of the molecule is Cc1cc(C)nc(N(C=S)C2(C)CCc3c(C)c(O)c(C)c(C)c3O2)c1. The number of anilines is 1. The van der Waals surface area contributed by atoms with Crippen LogP contribution in [0.4, 0.5) is 5.82 Å². The van der Waals surface area contributed by atoms with Crippen LogP contribution in [0.5, 0.6) is 11.5 Å². The molecule has 1 aliphatic heterocycles. The quantitative estimate of drug-likeness (QED) is 0.784. The van der Waals surface area contributed by atoms with Crippen LogP contribution >= 0.6 is 12.2 Å². The van der Waals surface area contributed by atoms with Crippen molar-refractivity contribution < 1.29 is 9.84 Å². The molecule has 0 fully saturated rings. The van der Waals surface area contributed by atoms with E-state index < -0.39 is 5.72 Å². The van der Waals surface area contributed by atoms with E-state index in [1.807, 2.05) is 44.7 Å². The highest BCUT2D eigenvalue weighted by Gasteiger charge is 2.39. The van der Waals surface area contributed by atoms with Gasteiger partial charge in [-0.1, -0.05) is 12.2 Å². The van der Waals surface area contributed by atoms with E-state index in [-0.39, 0.29) is 0 Å². The van der Waals surface area contributed by atoms with Crippen LogP contribution in [0.25, 0.3) is 0 Å². The maximum atomic E-state index is 10.4. The molecule has 0 aliphatic carbocycles. The molecular formula is C21H26N2O2S. The molecule has 1 atom stereocenters. The fourth-order valence-electron chi connectivity index (χ4n) is 3.76. The van der Waals surface area contributed by atoms with Crippen LogP contribution in [0.15, 0.2) is 12.1 Å². The fraction of sp³-hybridized carbons (Fsp3) is 0.429. The average molecular weight is 371 g/mol. The van der Waals surface area contributed by atoms with Gasteiger partial charge >= 0.3 is 0 Å². The summed E-state index contributed by atoms with van der Waals surface area (Å²) in [6, 6.07) is 4.07. The van der Waals surface area contributed by atoms with Crippen LogP contribution in [0.2, 0.25) is 0 Å². The number of thiocarbonyl (C=S) groups is 1. The molecule has 2 aromatic rings. The van der Waals surface area contributed by atoms with Crippen molar-refractivity contribution in [2.45, 2.75) is 60.1 Å². The number of nitrogens with zero attached hydrogens (tertiary/aromatic N) is 2. The molecule has 1 aliphatic rings. The van der Waals surface area contributed by atoms with Crippen molar-refractivity contribution >= 4 is 23.5 Å². The second-order valence-electron chi connectivity index (χ2n) is 7.43. The summed E-state index contributed by atoms with van der Waals surface area (Å²) in [7, 11) is 0. The van der Waals surface area contributed by atoms with Gasteiger partial charge < -0.3 is 9.84 Å². The van der Waals surface area contributed by atoms with Crippen molar-refractivity contribution in [1.82, 2.24) is 4.98 Å². The lowest BCUT2D eigenvalue weighted by Gasteiger charge is -2.43. The number of hydrogen-bond acceptors (Lipinski definition) is 4. The zero-order chi connectivity index (χ0) is 19.2. The summed E-state index contributed by atoms with van der Waals surface area (Å²) >= 11 is 5.34. The topological polar surface area (TPSA) is 45.6 Å². The maximum absolute atomic E-state index is 10.4. The van der Waals surface area contributed by atoms with Crippen molar-refractivity contribution in [2.24, 2.45) is 0 Å². The van der Waals surface area contributed by atoms with Crippen molar-refractivity contribution in [1.29, 1.82) is 0 Å². The molecule has 138 valence electrons. The normalized spacial score (nSPS) is 18.8. The summed E-state index contributed by atoms with van der Waals surface area (Å²) in [5, 5.41) is 10.4. The minimum atomic E-state index is -0.622. The van der Waals surface area contributed by atoms with Gasteiger partial charge in [0, 0.05) is 17.7 Å². The largest absolute Gasteiger partial charge is 0.507 e. The number of pyridine rings is 1. The van der Waals surface area contributed by atoms with E-state index in [9.17, 15) is 5.11 Å². The predicted molar refractivity (Wildman–Crippen MR) is 110 cm³/mol. The molecule has 1 N–H and O–H groups in total. The van der Waals surface area contributed by atoms with Crippen LogP contribution in [0.1, 0.15) is 46.9 Å². The minimum Gasteiger partial charge on any atom is -0.507 e. The molecule has 4 nitrogen and oxygen atoms in total. The van der Waals surface area contributed by atoms with Gasteiger partial charge in [0.1, 0.15) is 17.3 Å². The zero-order valence-corrected chi connectivity index (χ0v) is 17.1. The predicted octanol–water partition coefficient (Wildman–Crippen LogP) is 4.83. The number of aromatic hydroxyl groups is 1. The van der Waals surface area contributed by atoms with E-state index in [4.69, 9.17) is 17.0 Å². The molecule has 5 heteroatoms. The molecular weight excluding hydrogens is 344 g/mol. The Morgan fingerprint density at radius 3 is 2.46 bits per heavy atom. The number of phenolic OH excluding ortho intramolecular Hbond substituents is 1. The second kappa shape index (κ2) is 6.54. The molecule has 0 amide bonds. The van der Waals surface area contributed by atoms with Gasteiger partial charge in [-0.05, 0) is 82.3 Å². The number of ether oxygens (including phenoxy) is 1. The van der Waals surface area contributed by atoms with Gasteiger partial charge in [0.2, 0.25) is 0 Å². The molecule has 26 heavy (non-hydrogen) atoms. The first-order valence-electron chi connectivity index (χ1n) is 8.88. The van der Waals surface area contributed by atoms with Crippen molar-refractivity contribution in [3.05, 3.63) is 45.6 Å². The minimum absolute atomic E-state index is 0.371. The van der Waals surface area contributed by atoms with Crippen LogP contribution in [-0.2, 0) is 6.42 Å². The average Bonchev–Trinajstić information content (AvgIpc) is 2.57. The van der Waals surface area contributed by atoms with Gasteiger partial charge in [-0.2, -0.15) is 0 Å². The zero-order valence-electron chi connectivity index (χ0n) is 16.3. The van der Waals surface area contributed by atoms with Crippen LogP contribution in [0.3, 0.4) is 0 Å². The third kappa shape index (κ3) is 2.94. The molecule has 1 unspecified atom stereocenters. The van der Waals surface area contributed by atoms with Gasteiger partial charge in [0.25, 0.3) is 0 Å². The summed E-state index contributed by atoms with van der Waals surface area (Å²) < 4.78 is 6.53. The number of fused-ring (bicyclic) bond motifs is 1. The summed E-state index contributed by atoms with van der Waals surface area (Å²) in [4.78, 5) is 6.61. The molecule has 0 saturated carbocycles. The maximum Gasteiger partial charge on any atom is 0.186 e. The Hall–Kier alpha value is -2.14. The molecule has 0 saturated heterocycles. The molecule has 0 bridgehead atoms. The van der Waals surface area contributed by atoms with Crippen molar-refractivity contribution in [2.75, 3.05) is 4.90 Å². The van der Waals surface area contributed by atoms with Crippen molar-refractivity contribution in [3.63, 3.8) is 0 Å². The highest BCUT2D eigenvalue weighted by molar-refractivity contribution is 7.79. The lowest BCUT2D eigenvalue weighted by atomic mass is 9.89. The third-order valence-corrected chi connectivity index (χ3v) is 5.66. The molecule has 1 aromatic carbocycles. The standard InChI is InChI=1S/C21H26N2O2S/c1-12-9-13(2)22-18(10-12)23(11-26)21(6)8-7-17-16(5)19(24)14(3)15(4)20(17)25-21/h9-11,24H,7-8H2,1-6H3. The summed E-state index contributed by atoms with van der Waals surface area (Å²) in [5.74, 6) is 2.03. The van der Waals surface area contributed by atoms with Crippen LogP contribution in [-0.4, -0.2) is 21.3 Å². The number of aromatic nitrogens is 1. The Bertz CT molecular complexity index is 874. The van der Waals surface area contributed by atoms with Gasteiger partial charge in [-0.3, -0.25) is 4.90 Å². The Balaban J connectivity index is 2.08. The lowest BCUT2D eigenvalue weighted by molar-refractivity contribution is 0.0738. The number of rotatable bonds is 3. The molecule has 1 aromatic heterocycles. The van der Waals surface area contributed by atoms with Gasteiger partial charge in [-0.25, -0.2) is 4.98 Å². The van der Waals surface area contributed by atoms with Gasteiger partial charge in [0.05, 0.1) is 5.49 Å². The fourth-order valence-corrected chi connectivity index (χ4v) is 4.09. The Morgan fingerprint density at radius 1 is 1.15 bits per heavy atom. The van der Waals surface area contributed by atoms with Gasteiger partial charge in [0.15, 0.2) is 5.72 Å². The number of benzene rings is 1. The molecule has 2 heterocycles. The highest BCUT2D eigenvalue weighted by atomic mass is 32.1. The monoisotopic (exact) mass is 370 g/mol. The highest BCUT2D eigenvalue weighted by Crippen LogP contribution is 2.44. The first-order chi connectivity index (χ1) is 12.2.